The Kier molecular flexibility index (Phi) is 4.45. The van der Waals surface area contributed by atoms with E-state index in [1.54, 1.807) is 5.56 Å². The van der Waals surface area contributed by atoms with E-state index in [0.717, 1.165) is 6.54 Å². The summed E-state index contributed by atoms with van der Waals surface area (Å²) in [6.45, 7) is 2.34. The Morgan fingerprint density at radius 3 is 2.89 bits per heavy atom. The van der Waals surface area contributed by atoms with Gasteiger partial charge in [-0.2, -0.15) is 11.8 Å². The normalized spacial score (nSPS) is 24.6. The summed E-state index contributed by atoms with van der Waals surface area (Å²) in [7, 11) is 0. The monoisotopic (exact) mass is 293 g/mol. The molecule has 1 heterocycles. The number of hydrogen-bond acceptors (Lipinski definition) is 3. The lowest BCUT2D eigenvalue weighted by molar-refractivity contribution is 0.517. The van der Waals surface area contributed by atoms with Crippen molar-refractivity contribution in [3.05, 3.63) is 29.8 Å². The number of thioether (sulfide) groups is 2. The zero-order chi connectivity index (χ0) is 13.1. The number of rotatable bonds is 5. The van der Waals surface area contributed by atoms with E-state index in [0.29, 0.717) is 10.7 Å². The van der Waals surface area contributed by atoms with Gasteiger partial charge in [0.25, 0.3) is 0 Å². The van der Waals surface area contributed by atoms with E-state index in [1.165, 1.54) is 42.9 Å². The minimum atomic E-state index is 0.533. The standard InChI is InChI=1S/C16H23NS2/c1-18-16(8-4-5-9-16)12-17-10-13-11-19-15-7-3-2-6-14(13)15/h2-3,6-7,13,17H,4-5,8-12H2,1H3. The molecule has 1 unspecified atom stereocenters. The third kappa shape index (κ3) is 2.98. The average molecular weight is 294 g/mol. The van der Waals surface area contributed by atoms with E-state index in [4.69, 9.17) is 0 Å². The Morgan fingerprint density at radius 1 is 1.32 bits per heavy atom. The van der Waals surface area contributed by atoms with Crippen molar-refractivity contribution >= 4 is 23.5 Å². The fraction of sp³-hybridized carbons (Fsp3) is 0.625. The molecule has 0 spiro atoms. The Morgan fingerprint density at radius 2 is 2.11 bits per heavy atom. The molecule has 0 bridgehead atoms. The van der Waals surface area contributed by atoms with E-state index in [-0.39, 0.29) is 0 Å². The van der Waals surface area contributed by atoms with Crippen LogP contribution < -0.4 is 5.32 Å². The molecule has 1 aromatic carbocycles. The second-order valence-corrected chi connectivity index (χ2v) is 8.11. The smallest absolute Gasteiger partial charge is 0.0281 e. The highest BCUT2D eigenvalue weighted by Crippen LogP contribution is 2.41. The van der Waals surface area contributed by atoms with Crippen molar-refractivity contribution < 1.29 is 0 Å². The van der Waals surface area contributed by atoms with Crippen molar-refractivity contribution in [2.24, 2.45) is 0 Å². The fourth-order valence-electron chi connectivity index (χ4n) is 3.34. The van der Waals surface area contributed by atoms with Crippen molar-refractivity contribution in [3.63, 3.8) is 0 Å². The molecule has 1 aliphatic carbocycles. The van der Waals surface area contributed by atoms with Crippen LogP contribution in [0.4, 0.5) is 0 Å². The van der Waals surface area contributed by atoms with Gasteiger partial charge in [0.05, 0.1) is 0 Å². The predicted molar refractivity (Wildman–Crippen MR) is 87.5 cm³/mol. The van der Waals surface area contributed by atoms with Gasteiger partial charge in [0.15, 0.2) is 0 Å². The van der Waals surface area contributed by atoms with E-state index in [9.17, 15) is 0 Å². The molecular weight excluding hydrogens is 270 g/mol. The summed E-state index contributed by atoms with van der Waals surface area (Å²) in [6.07, 6.45) is 7.93. The van der Waals surface area contributed by atoms with Gasteiger partial charge in [0, 0.05) is 34.4 Å². The van der Waals surface area contributed by atoms with E-state index >= 15 is 0 Å². The molecule has 1 atom stereocenters. The van der Waals surface area contributed by atoms with E-state index < -0.39 is 0 Å². The topological polar surface area (TPSA) is 12.0 Å². The molecule has 0 amide bonds. The van der Waals surface area contributed by atoms with Gasteiger partial charge in [-0.25, -0.2) is 0 Å². The van der Waals surface area contributed by atoms with Crippen molar-refractivity contribution in [2.75, 3.05) is 25.1 Å². The van der Waals surface area contributed by atoms with E-state index in [1.807, 2.05) is 11.8 Å². The van der Waals surface area contributed by atoms with Crippen molar-refractivity contribution in [1.82, 2.24) is 5.32 Å². The molecule has 1 fully saturated rings. The van der Waals surface area contributed by atoms with Gasteiger partial charge in [-0.1, -0.05) is 31.0 Å². The lowest BCUT2D eigenvalue weighted by atomic mass is 10.0. The highest BCUT2D eigenvalue weighted by molar-refractivity contribution is 8.00. The van der Waals surface area contributed by atoms with Gasteiger partial charge in [0.2, 0.25) is 0 Å². The van der Waals surface area contributed by atoms with Crippen LogP contribution in [-0.4, -0.2) is 29.8 Å². The molecule has 1 saturated carbocycles. The molecule has 104 valence electrons. The third-order valence-corrected chi connectivity index (χ3v) is 7.25. The van der Waals surface area contributed by atoms with Gasteiger partial charge in [-0.15, -0.1) is 11.8 Å². The molecule has 0 aromatic heterocycles. The highest BCUT2D eigenvalue weighted by atomic mass is 32.2. The highest BCUT2D eigenvalue weighted by Gasteiger charge is 2.33. The summed E-state index contributed by atoms with van der Waals surface area (Å²) in [5.41, 5.74) is 1.56. The summed E-state index contributed by atoms with van der Waals surface area (Å²) in [5, 5.41) is 3.77. The lowest BCUT2D eigenvalue weighted by Gasteiger charge is -2.27. The maximum absolute atomic E-state index is 3.77. The van der Waals surface area contributed by atoms with Crippen LogP contribution in [0.2, 0.25) is 0 Å². The van der Waals surface area contributed by atoms with Gasteiger partial charge in [-0.3, -0.25) is 0 Å². The maximum Gasteiger partial charge on any atom is 0.0281 e. The predicted octanol–water partition coefficient (Wildman–Crippen LogP) is 4.14. The van der Waals surface area contributed by atoms with Crippen LogP contribution in [0.25, 0.3) is 0 Å². The molecule has 19 heavy (non-hydrogen) atoms. The minimum Gasteiger partial charge on any atom is -0.315 e. The number of benzene rings is 1. The molecule has 3 rings (SSSR count). The van der Waals surface area contributed by atoms with Crippen molar-refractivity contribution in [3.8, 4) is 0 Å². The molecular formula is C16H23NS2. The zero-order valence-corrected chi connectivity index (χ0v) is 13.3. The number of fused-ring (bicyclic) bond motifs is 1. The second kappa shape index (κ2) is 6.11. The molecule has 0 radical (unpaired) electrons. The van der Waals surface area contributed by atoms with Crippen LogP contribution in [0.15, 0.2) is 29.2 Å². The first kappa shape index (κ1) is 13.8. The molecule has 1 nitrogen and oxygen atoms in total. The third-order valence-electron chi connectivity index (χ3n) is 4.58. The summed E-state index contributed by atoms with van der Waals surface area (Å²) in [5.74, 6) is 1.96. The second-order valence-electron chi connectivity index (χ2n) is 5.77. The van der Waals surface area contributed by atoms with Crippen LogP contribution in [0.3, 0.4) is 0 Å². The first-order valence-corrected chi connectivity index (χ1v) is 9.52. The molecule has 1 N–H and O–H groups in total. The van der Waals surface area contributed by atoms with Gasteiger partial charge in [-0.05, 0) is 30.7 Å². The zero-order valence-electron chi connectivity index (χ0n) is 11.7. The summed E-state index contributed by atoms with van der Waals surface area (Å²) in [6, 6.07) is 8.91. The number of hydrogen-bond donors (Lipinski definition) is 1. The van der Waals surface area contributed by atoms with Crippen LogP contribution >= 0.6 is 23.5 Å². The Hall–Kier alpha value is -0.120. The van der Waals surface area contributed by atoms with Crippen molar-refractivity contribution in [2.45, 2.75) is 41.2 Å². The van der Waals surface area contributed by atoms with Crippen LogP contribution in [0.1, 0.15) is 37.2 Å². The molecule has 3 heteroatoms. The summed E-state index contributed by atoms with van der Waals surface area (Å²) < 4.78 is 0.533. The summed E-state index contributed by atoms with van der Waals surface area (Å²) in [4.78, 5) is 1.50. The van der Waals surface area contributed by atoms with Crippen LogP contribution in [0.5, 0.6) is 0 Å². The van der Waals surface area contributed by atoms with Crippen molar-refractivity contribution in [1.29, 1.82) is 0 Å². The first-order chi connectivity index (χ1) is 9.33. The molecule has 0 saturated heterocycles. The van der Waals surface area contributed by atoms with Crippen LogP contribution in [0, 0.1) is 0 Å². The lowest BCUT2D eigenvalue weighted by Crippen LogP contribution is -2.37. The Balaban J connectivity index is 1.54. The Bertz CT molecular complexity index is 427. The first-order valence-electron chi connectivity index (χ1n) is 7.31. The molecule has 1 aliphatic heterocycles. The largest absolute Gasteiger partial charge is 0.315 e. The number of nitrogens with one attached hydrogen (secondary N) is 1. The SMILES string of the molecule is CSC1(CNCC2CSc3ccccc32)CCCC1. The van der Waals surface area contributed by atoms with Gasteiger partial charge < -0.3 is 5.32 Å². The fourth-order valence-corrected chi connectivity index (χ4v) is 5.54. The molecule has 1 aromatic rings. The quantitative estimate of drug-likeness (QED) is 0.876. The minimum absolute atomic E-state index is 0.533. The summed E-state index contributed by atoms with van der Waals surface area (Å²) >= 11 is 4.10. The average Bonchev–Trinajstić information content (AvgIpc) is 3.07. The van der Waals surface area contributed by atoms with Crippen LogP contribution in [-0.2, 0) is 0 Å². The van der Waals surface area contributed by atoms with Gasteiger partial charge in [0.1, 0.15) is 0 Å². The van der Waals surface area contributed by atoms with E-state index in [2.05, 4.69) is 47.6 Å². The maximum atomic E-state index is 3.77. The van der Waals surface area contributed by atoms with Gasteiger partial charge >= 0.3 is 0 Å². The Labute approximate surface area is 125 Å². The molecule has 2 aliphatic rings.